The highest BCUT2D eigenvalue weighted by molar-refractivity contribution is 6.23. The lowest BCUT2D eigenvalue weighted by atomic mass is 9.96. The number of hydrogen-bond acceptors (Lipinski definition) is 3. The van der Waals surface area contributed by atoms with Gasteiger partial charge >= 0.3 is 0 Å². The molecule has 0 aromatic heterocycles. The van der Waals surface area contributed by atoms with Crippen LogP contribution in [0.4, 0.5) is 0 Å². The van der Waals surface area contributed by atoms with Crippen LogP contribution in [0.1, 0.15) is 62.4 Å². The summed E-state index contributed by atoms with van der Waals surface area (Å²) in [6.45, 7) is 6.30. The van der Waals surface area contributed by atoms with Gasteiger partial charge in [0.25, 0.3) is 5.91 Å². The fourth-order valence-electron chi connectivity index (χ4n) is 4.58. The molecule has 3 aliphatic rings. The van der Waals surface area contributed by atoms with Crippen molar-refractivity contribution in [2.75, 3.05) is 7.05 Å². The normalized spacial score (nSPS) is 31.8. The lowest BCUT2D eigenvalue weighted by Gasteiger charge is -2.40. The zero-order valence-corrected chi connectivity index (χ0v) is 15.1. The van der Waals surface area contributed by atoms with Gasteiger partial charge in [-0.15, -0.1) is 0 Å². The van der Waals surface area contributed by atoms with E-state index < -0.39 is 0 Å². The summed E-state index contributed by atoms with van der Waals surface area (Å²) < 4.78 is 0. The van der Waals surface area contributed by atoms with E-state index in [1.54, 1.807) is 0 Å². The SMILES string of the molecule is CN1C2CCC1CC(N1C(=O)c3ccccc3C1=NC(C)(C)C)C2. The number of piperidine rings is 1. The smallest absolute Gasteiger partial charge is 0.260 e. The molecule has 4 nitrogen and oxygen atoms in total. The Morgan fingerprint density at radius 3 is 2.17 bits per heavy atom. The highest BCUT2D eigenvalue weighted by Gasteiger charge is 2.46. The van der Waals surface area contributed by atoms with E-state index in [9.17, 15) is 4.79 Å². The molecule has 0 saturated carbocycles. The van der Waals surface area contributed by atoms with Crippen molar-refractivity contribution in [2.45, 2.75) is 70.1 Å². The average Bonchev–Trinajstić information content (AvgIpc) is 2.89. The summed E-state index contributed by atoms with van der Waals surface area (Å²) in [5, 5.41) is 0. The number of rotatable bonds is 1. The monoisotopic (exact) mass is 325 g/mol. The van der Waals surface area contributed by atoms with Gasteiger partial charge in [-0.2, -0.15) is 0 Å². The maximum atomic E-state index is 13.1. The fraction of sp³-hybridized carbons (Fsp3) is 0.600. The van der Waals surface area contributed by atoms with Gasteiger partial charge in [-0.05, 0) is 59.6 Å². The van der Waals surface area contributed by atoms with E-state index in [0.29, 0.717) is 12.1 Å². The van der Waals surface area contributed by atoms with Crippen LogP contribution in [0.25, 0.3) is 0 Å². The molecule has 4 rings (SSSR count). The Kier molecular flexibility index (Phi) is 3.57. The van der Waals surface area contributed by atoms with Crippen LogP contribution in [0.15, 0.2) is 29.3 Å². The molecule has 1 amide bonds. The molecule has 2 atom stereocenters. The molecule has 2 fully saturated rings. The molecule has 3 heterocycles. The van der Waals surface area contributed by atoms with Crippen molar-refractivity contribution in [2.24, 2.45) is 4.99 Å². The Bertz CT molecular complexity index is 689. The number of aliphatic imine (C=N–C) groups is 1. The topological polar surface area (TPSA) is 35.9 Å². The van der Waals surface area contributed by atoms with Crippen LogP contribution in [0.5, 0.6) is 0 Å². The summed E-state index contributed by atoms with van der Waals surface area (Å²) in [6.07, 6.45) is 4.66. The van der Waals surface area contributed by atoms with Crippen molar-refractivity contribution in [1.29, 1.82) is 0 Å². The highest BCUT2D eigenvalue weighted by Crippen LogP contribution is 2.39. The first-order valence-electron chi connectivity index (χ1n) is 9.10. The molecular formula is C20H27N3O. The standard InChI is InChI=1S/C20H27N3O/c1-20(2,3)21-18-16-7-5-6-8-17(16)19(24)23(18)15-11-13-9-10-14(12-15)22(13)4/h5-8,13-15H,9-12H2,1-4H3. The summed E-state index contributed by atoms with van der Waals surface area (Å²) >= 11 is 0. The van der Waals surface area contributed by atoms with E-state index in [0.717, 1.165) is 29.8 Å². The molecule has 0 N–H and O–H groups in total. The number of amides is 1. The van der Waals surface area contributed by atoms with Crippen molar-refractivity contribution < 1.29 is 4.79 Å². The molecule has 24 heavy (non-hydrogen) atoms. The predicted molar refractivity (Wildman–Crippen MR) is 96.5 cm³/mol. The molecule has 1 aromatic carbocycles. The zero-order valence-electron chi connectivity index (χ0n) is 15.1. The Hall–Kier alpha value is -1.68. The van der Waals surface area contributed by atoms with Gasteiger partial charge in [-0.1, -0.05) is 18.2 Å². The molecule has 1 aromatic rings. The Balaban J connectivity index is 1.74. The molecule has 2 saturated heterocycles. The number of hydrogen-bond donors (Lipinski definition) is 0. The third-order valence-corrected chi connectivity index (χ3v) is 5.73. The summed E-state index contributed by atoms with van der Waals surface area (Å²) in [5.74, 6) is 1.03. The van der Waals surface area contributed by atoms with Crippen LogP contribution >= 0.6 is 0 Å². The van der Waals surface area contributed by atoms with Crippen molar-refractivity contribution >= 4 is 11.7 Å². The first-order valence-corrected chi connectivity index (χ1v) is 9.10. The van der Waals surface area contributed by atoms with E-state index in [2.05, 4.69) is 32.7 Å². The quantitative estimate of drug-likeness (QED) is 0.794. The van der Waals surface area contributed by atoms with Crippen LogP contribution in [0.3, 0.4) is 0 Å². The van der Waals surface area contributed by atoms with Gasteiger partial charge in [0.05, 0.1) is 11.1 Å². The minimum atomic E-state index is -0.199. The number of amidine groups is 1. The molecule has 0 radical (unpaired) electrons. The molecule has 0 spiro atoms. The van der Waals surface area contributed by atoms with Crippen LogP contribution < -0.4 is 0 Å². The molecule has 2 bridgehead atoms. The highest BCUT2D eigenvalue weighted by atomic mass is 16.2. The van der Waals surface area contributed by atoms with Gasteiger partial charge in [0.2, 0.25) is 0 Å². The Morgan fingerprint density at radius 1 is 1.00 bits per heavy atom. The molecule has 0 aliphatic carbocycles. The van der Waals surface area contributed by atoms with Gasteiger partial charge in [0.15, 0.2) is 0 Å². The number of carbonyl (C=O) groups is 1. The maximum absolute atomic E-state index is 13.1. The molecule has 4 heteroatoms. The lowest BCUT2D eigenvalue weighted by Crippen LogP contribution is -2.51. The number of benzene rings is 1. The van der Waals surface area contributed by atoms with Crippen LogP contribution in [0.2, 0.25) is 0 Å². The summed E-state index contributed by atoms with van der Waals surface area (Å²) in [7, 11) is 2.24. The average molecular weight is 325 g/mol. The maximum Gasteiger partial charge on any atom is 0.260 e. The second kappa shape index (κ2) is 5.41. The number of fused-ring (bicyclic) bond motifs is 3. The van der Waals surface area contributed by atoms with Crippen molar-refractivity contribution in [3.05, 3.63) is 35.4 Å². The zero-order chi connectivity index (χ0) is 17.1. The minimum absolute atomic E-state index is 0.141. The van der Waals surface area contributed by atoms with E-state index in [1.807, 2.05) is 29.2 Å². The summed E-state index contributed by atoms with van der Waals surface area (Å²) in [4.78, 5) is 22.6. The van der Waals surface area contributed by atoms with Crippen LogP contribution in [-0.2, 0) is 0 Å². The lowest BCUT2D eigenvalue weighted by molar-refractivity contribution is 0.0687. The van der Waals surface area contributed by atoms with Gasteiger partial charge in [0.1, 0.15) is 5.84 Å². The molecule has 3 aliphatic heterocycles. The number of nitrogens with zero attached hydrogens (tertiary/aromatic N) is 3. The first kappa shape index (κ1) is 15.8. The minimum Gasteiger partial charge on any atom is -0.300 e. The molecular weight excluding hydrogens is 298 g/mol. The summed E-state index contributed by atoms with van der Waals surface area (Å²) in [5.41, 5.74) is 1.62. The summed E-state index contributed by atoms with van der Waals surface area (Å²) in [6, 6.07) is 9.45. The van der Waals surface area contributed by atoms with E-state index in [4.69, 9.17) is 4.99 Å². The van der Waals surface area contributed by atoms with Gasteiger partial charge in [-0.25, -0.2) is 0 Å². The van der Waals surface area contributed by atoms with Crippen molar-refractivity contribution in [1.82, 2.24) is 9.80 Å². The second-order valence-electron chi connectivity index (χ2n) is 8.50. The molecule has 2 unspecified atom stereocenters. The first-order chi connectivity index (χ1) is 11.3. The Labute approximate surface area is 144 Å². The fourth-order valence-corrected chi connectivity index (χ4v) is 4.58. The Morgan fingerprint density at radius 2 is 1.58 bits per heavy atom. The van der Waals surface area contributed by atoms with Crippen molar-refractivity contribution in [3.8, 4) is 0 Å². The van der Waals surface area contributed by atoms with E-state index >= 15 is 0 Å². The van der Waals surface area contributed by atoms with Gasteiger partial charge < -0.3 is 4.90 Å². The van der Waals surface area contributed by atoms with Crippen LogP contribution in [-0.4, -0.2) is 52.3 Å². The van der Waals surface area contributed by atoms with Crippen LogP contribution in [0, 0.1) is 0 Å². The van der Waals surface area contributed by atoms with Crippen molar-refractivity contribution in [3.63, 3.8) is 0 Å². The predicted octanol–water partition coefficient (Wildman–Crippen LogP) is 3.31. The third-order valence-electron chi connectivity index (χ3n) is 5.73. The van der Waals surface area contributed by atoms with E-state index in [1.165, 1.54) is 12.8 Å². The largest absolute Gasteiger partial charge is 0.300 e. The second-order valence-corrected chi connectivity index (χ2v) is 8.50. The molecule has 128 valence electrons. The van der Waals surface area contributed by atoms with Gasteiger partial charge in [-0.3, -0.25) is 14.7 Å². The third kappa shape index (κ3) is 2.48. The van der Waals surface area contributed by atoms with E-state index in [-0.39, 0.29) is 17.5 Å². The number of carbonyl (C=O) groups excluding carboxylic acids is 1. The van der Waals surface area contributed by atoms with Gasteiger partial charge in [0, 0.05) is 23.7 Å².